The Bertz CT molecular complexity index is 545. The van der Waals surface area contributed by atoms with Gasteiger partial charge < -0.3 is 5.73 Å². The Morgan fingerprint density at radius 1 is 1.32 bits per heavy atom. The van der Waals surface area contributed by atoms with Crippen LogP contribution in [0.2, 0.25) is 0 Å². The van der Waals surface area contributed by atoms with Crippen LogP contribution in [0, 0.1) is 13.8 Å². The van der Waals surface area contributed by atoms with E-state index in [-0.39, 0.29) is 6.04 Å². The molecule has 0 aliphatic carbocycles. The number of aromatic nitrogens is 3. The Morgan fingerprint density at radius 3 is 2.84 bits per heavy atom. The third kappa shape index (κ3) is 3.41. The van der Waals surface area contributed by atoms with E-state index in [0.717, 1.165) is 25.1 Å². The zero-order valence-electron chi connectivity index (χ0n) is 11.9. The molecule has 2 N–H and O–H groups in total. The summed E-state index contributed by atoms with van der Waals surface area (Å²) in [6.07, 6.45) is 3.97. The van der Waals surface area contributed by atoms with Crippen LogP contribution in [0.25, 0.3) is 0 Å². The topological polar surface area (TPSA) is 56.7 Å². The van der Waals surface area contributed by atoms with Crippen molar-refractivity contribution < 1.29 is 0 Å². The molecule has 19 heavy (non-hydrogen) atoms. The minimum atomic E-state index is -0.00245. The highest BCUT2D eigenvalue weighted by atomic mass is 15.4. The standard InChI is InChI=1S/C15H22N4/c1-4-5-14(16)15-10-19(18-17-15)9-13-8-11(2)6-7-12(13)3/h6-8,10,14H,4-5,9,16H2,1-3H3. The van der Waals surface area contributed by atoms with Gasteiger partial charge in [-0.1, -0.05) is 42.3 Å². The zero-order valence-corrected chi connectivity index (χ0v) is 11.9. The Morgan fingerprint density at radius 2 is 2.11 bits per heavy atom. The number of hydrogen-bond donors (Lipinski definition) is 1. The molecule has 4 heteroatoms. The number of nitrogens with two attached hydrogens (primary N) is 1. The summed E-state index contributed by atoms with van der Waals surface area (Å²) in [4.78, 5) is 0. The van der Waals surface area contributed by atoms with E-state index in [1.807, 2.05) is 10.9 Å². The van der Waals surface area contributed by atoms with Gasteiger partial charge in [0.15, 0.2) is 0 Å². The summed E-state index contributed by atoms with van der Waals surface area (Å²) in [6, 6.07) is 6.47. The molecule has 2 rings (SSSR count). The Balaban J connectivity index is 2.13. The van der Waals surface area contributed by atoms with E-state index < -0.39 is 0 Å². The number of aryl methyl sites for hydroxylation is 2. The fourth-order valence-electron chi connectivity index (χ4n) is 2.16. The molecule has 2 aromatic rings. The van der Waals surface area contributed by atoms with Crippen LogP contribution >= 0.6 is 0 Å². The van der Waals surface area contributed by atoms with Gasteiger partial charge in [-0.15, -0.1) is 5.10 Å². The van der Waals surface area contributed by atoms with Crippen molar-refractivity contribution in [2.75, 3.05) is 0 Å². The summed E-state index contributed by atoms with van der Waals surface area (Å²) in [7, 11) is 0. The predicted octanol–water partition coefficient (Wildman–Crippen LogP) is 2.74. The Kier molecular flexibility index (Phi) is 4.32. The molecule has 1 aromatic heterocycles. The van der Waals surface area contributed by atoms with Crippen molar-refractivity contribution in [2.24, 2.45) is 5.73 Å². The SMILES string of the molecule is CCCC(N)c1cn(Cc2cc(C)ccc2C)nn1. The Hall–Kier alpha value is -1.68. The van der Waals surface area contributed by atoms with Gasteiger partial charge in [0, 0.05) is 0 Å². The van der Waals surface area contributed by atoms with Gasteiger partial charge in [-0.2, -0.15) is 0 Å². The molecule has 0 saturated heterocycles. The van der Waals surface area contributed by atoms with Crippen LogP contribution in [0.3, 0.4) is 0 Å². The van der Waals surface area contributed by atoms with Crippen molar-refractivity contribution in [3.8, 4) is 0 Å². The summed E-state index contributed by atoms with van der Waals surface area (Å²) in [6.45, 7) is 7.10. The highest BCUT2D eigenvalue weighted by Crippen LogP contribution is 2.15. The molecule has 0 aliphatic heterocycles. The van der Waals surface area contributed by atoms with Crippen molar-refractivity contribution >= 4 is 0 Å². The molecule has 1 aromatic carbocycles. The summed E-state index contributed by atoms with van der Waals surface area (Å²) in [5.41, 5.74) is 10.8. The second kappa shape index (κ2) is 5.97. The average Bonchev–Trinajstić information content (AvgIpc) is 2.83. The van der Waals surface area contributed by atoms with Crippen LogP contribution < -0.4 is 5.73 Å². The number of benzene rings is 1. The monoisotopic (exact) mass is 258 g/mol. The van der Waals surface area contributed by atoms with Crippen molar-refractivity contribution in [2.45, 2.75) is 46.2 Å². The van der Waals surface area contributed by atoms with Gasteiger partial charge in [0.2, 0.25) is 0 Å². The number of rotatable bonds is 5. The maximum absolute atomic E-state index is 6.05. The van der Waals surface area contributed by atoms with Crippen LogP contribution in [-0.4, -0.2) is 15.0 Å². The second-order valence-corrected chi connectivity index (χ2v) is 5.17. The van der Waals surface area contributed by atoms with E-state index in [1.54, 1.807) is 0 Å². The molecule has 0 radical (unpaired) electrons. The summed E-state index contributed by atoms with van der Waals surface area (Å²) < 4.78 is 1.87. The van der Waals surface area contributed by atoms with E-state index in [0.29, 0.717) is 0 Å². The van der Waals surface area contributed by atoms with Gasteiger partial charge in [0.1, 0.15) is 0 Å². The van der Waals surface area contributed by atoms with E-state index in [2.05, 4.69) is 49.3 Å². The lowest BCUT2D eigenvalue weighted by atomic mass is 10.1. The summed E-state index contributed by atoms with van der Waals surface area (Å²) >= 11 is 0. The van der Waals surface area contributed by atoms with Crippen LogP contribution in [-0.2, 0) is 6.54 Å². The minimum absolute atomic E-state index is 0.00245. The van der Waals surface area contributed by atoms with E-state index >= 15 is 0 Å². The molecular formula is C15H22N4. The van der Waals surface area contributed by atoms with Crippen LogP contribution in [0.5, 0.6) is 0 Å². The molecule has 1 atom stereocenters. The highest BCUT2D eigenvalue weighted by Gasteiger charge is 2.10. The highest BCUT2D eigenvalue weighted by molar-refractivity contribution is 5.30. The lowest BCUT2D eigenvalue weighted by Crippen LogP contribution is -2.10. The molecule has 0 saturated carbocycles. The fraction of sp³-hybridized carbons (Fsp3) is 0.467. The van der Waals surface area contributed by atoms with Crippen molar-refractivity contribution in [1.82, 2.24) is 15.0 Å². The predicted molar refractivity (Wildman–Crippen MR) is 76.9 cm³/mol. The third-order valence-corrected chi connectivity index (χ3v) is 3.37. The quantitative estimate of drug-likeness (QED) is 0.897. The first-order valence-electron chi connectivity index (χ1n) is 6.82. The maximum Gasteiger partial charge on any atom is 0.0994 e. The number of hydrogen-bond acceptors (Lipinski definition) is 3. The van der Waals surface area contributed by atoms with Gasteiger partial charge in [-0.25, -0.2) is 4.68 Å². The summed E-state index contributed by atoms with van der Waals surface area (Å²) in [5.74, 6) is 0. The maximum atomic E-state index is 6.05. The first kappa shape index (κ1) is 13.7. The molecule has 1 heterocycles. The van der Waals surface area contributed by atoms with Gasteiger partial charge in [0.05, 0.1) is 24.5 Å². The summed E-state index contributed by atoms with van der Waals surface area (Å²) in [5, 5.41) is 8.34. The normalized spacial score (nSPS) is 12.6. The third-order valence-electron chi connectivity index (χ3n) is 3.37. The number of nitrogens with zero attached hydrogens (tertiary/aromatic N) is 3. The van der Waals surface area contributed by atoms with E-state index in [9.17, 15) is 0 Å². The van der Waals surface area contributed by atoms with Crippen LogP contribution in [0.1, 0.15) is 48.2 Å². The molecule has 0 bridgehead atoms. The zero-order chi connectivity index (χ0) is 13.8. The molecular weight excluding hydrogens is 236 g/mol. The molecule has 4 nitrogen and oxygen atoms in total. The van der Waals surface area contributed by atoms with Gasteiger partial charge in [-0.05, 0) is 31.4 Å². The molecule has 0 spiro atoms. The van der Waals surface area contributed by atoms with Gasteiger partial charge in [0.25, 0.3) is 0 Å². The first-order chi connectivity index (χ1) is 9.10. The van der Waals surface area contributed by atoms with Crippen molar-refractivity contribution in [3.05, 3.63) is 46.8 Å². The molecule has 102 valence electrons. The second-order valence-electron chi connectivity index (χ2n) is 5.17. The van der Waals surface area contributed by atoms with E-state index in [4.69, 9.17) is 5.73 Å². The van der Waals surface area contributed by atoms with Gasteiger partial charge >= 0.3 is 0 Å². The van der Waals surface area contributed by atoms with Crippen molar-refractivity contribution in [3.63, 3.8) is 0 Å². The average molecular weight is 258 g/mol. The lowest BCUT2D eigenvalue weighted by Gasteiger charge is -2.07. The largest absolute Gasteiger partial charge is 0.323 e. The Labute approximate surface area is 114 Å². The van der Waals surface area contributed by atoms with Crippen LogP contribution in [0.4, 0.5) is 0 Å². The first-order valence-corrected chi connectivity index (χ1v) is 6.82. The van der Waals surface area contributed by atoms with Crippen molar-refractivity contribution in [1.29, 1.82) is 0 Å². The molecule has 1 unspecified atom stereocenters. The molecule has 0 amide bonds. The molecule has 0 aliphatic rings. The molecule has 0 fully saturated rings. The minimum Gasteiger partial charge on any atom is -0.323 e. The lowest BCUT2D eigenvalue weighted by molar-refractivity contribution is 0.617. The van der Waals surface area contributed by atoms with E-state index in [1.165, 1.54) is 16.7 Å². The van der Waals surface area contributed by atoms with Crippen LogP contribution in [0.15, 0.2) is 24.4 Å². The van der Waals surface area contributed by atoms with Gasteiger partial charge in [-0.3, -0.25) is 0 Å². The fourth-order valence-corrected chi connectivity index (χ4v) is 2.16. The smallest absolute Gasteiger partial charge is 0.0994 e.